The Bertz CT molecular complexity index is 480. The number of carbonyl (C=O) groups excluding carboxylic acids is 1. The second-order valence-corrected chi connectivity index (χ2v) is 4.61. The number of carbonyl (C=O) groups is 1. The van der Waals surface area contributed by atoms with Gasteiger partial charge >= 0.3 is 0 Å². The van der Waals surface area contributed by atoms with Gasteiger partial charge in [-0.05, 0) is 33.0 Å². The summed E-state index contributed by atoms with van der Waals surface area (Å²) in [6.45, 7) is 3.84. The second-order valence-electron chi connectivity index (χ2n) is 4.61. The molecular formula is C14H19N3O2. The molecule has 0 heterocycles. The van der Waals surface area contributed by atoms with Crippen LogP contribution in [0.4, 0.5) is 5.69 Å². The molecule has 1 rings (SSSR count). The first-order valence-electron chi connectivity index (χ1n) is 6.14. The van der Waals surface area contributed by atoms with Gasteiger partial charge in [-0.25, -0.2) is 0 Å². The van der Waals surface area contributed by atoms with Crippen molar-refractivity contribution in [3.05, 3.63) is 29.8 Å². The van der Waals surface area contributed by atoms with Gasteiger partial charge in [0.15, 0.2) is 0 Å². The minimum atomic E-state index is -0.494. The fraction of sp³-hybridized carbons (Fsp3) is 0.429. The summed E-state index contributed by atoms with van der Waals surface area (Å²) >= 11 is 0. The van der Waals surface area contributed by atoms with Crippen molar-refractivity contribution >= 4 is 11.6 Å². The molecule has 0 aliphatic heterocycles. The lowest BCUT2D eigenvalue weighted by Gasteiger charge is -2.25. The Hall–Kier alpha value is -1.90. The molecule has 0 aliphatic carbocycles. The number of benzene rings is 1. The zero-order valence-corrected chi connectivity index (χ0v) is 11.4. The summed E-state index contributed by atoms with van der Waals surface area (Å²) in [6.07, 6.45) is -0.494. The Morgan fingerprint density at radius 2 is 2.11 bits per heavy atom. The smallest absolute Gasteiger partial charge is 0.241 e. The van der Waals surface area contributed by atoms with E-state index in [9.17, 15) is 9.90 Å². The molecule has 5 heteroatoms. The number of hydrogen-bond donors (Lipinski definition) is 2. The number of anilines is 1. The number of hydrogen-bond acceptors (Lipinski definition) is 4. The standard InChI is InChI=1S/C14H19N3O2/c1-10(18)9-17(3)11(2)14(19)16-13-7-5-4-6-12(13)8-15/h4-7,10-11,18H,9H2,1-3H3,(H,16,19). The predicted octanol–water partition coefficient (Wildman–Crippen LogP) is 1.20. The third-order valence-electron chi connectivity index (χ3n) is 2.90. The van der Waals surface area contributed by atoms with Gasteiger partial charge in [-0.2, -0.15) is 5.26 Å². The van der Waals surface area contributed by atoms with Crippen molar-refractivity contribution in [1.82, 2.24) is 4.90 Å². The second kappa shape index (κ2) is 6.88. The quantitative estimate of drug-likeness (QED) is 0.835. The molecule has 0 aliphatic rings. The number of nitriles is 1. The lowest BCUT2D eigenvalue weighted by molar-refractivity contribution is -0.120. The third-order valence-corrected chi connectivity index (χ3v) is 2.90. The first-order chi connectivity index (χ1) is 8.95. The Labute approximate surface area is 113 Å². The fourth-order valence-electron chi connectivity index (χ4n) is 1.70. The fourth-order valence-corrected chi connectivity index (χ4v) is 1.70. The first kappa shape index (κ1) is 15.2. The van der Waals surface area contributed by atoms with Gasteiger partial charge in [0, 0.05) is 6.54 Å². The van der Waals surface area contributed by atoms with Crippen molar-refractivity contribution in [1.29, 1.82) is 5.26 Å². The molecule has 0 saturated carbocycles. The molecule has 2 N–H and O–H groups in total. The lowest BCUT2D eigenvalue weighted by atomic mass is 10.2. The highest BCUT2D eigenvalue weighted by Crippen LogP contribution is 2.14. The van der Waals surface area contributed by atoms with Gasteiger partial charge in [-0.15, -0.1) is 0 Å². The minimum Gasteiger partial charge on any atom is -0.392 e. The van der Waals surface area contributed by atoms with Crippen LogP contribution in [0.1, 0.15) is 19.4 Å². The van der Waals surface area contributed by atoms with Crippen LogP contribution in [0.2, 0.25) is 0 Å². The highest BCUT2D eigenvalue weighted by Gasteiger charge is 2.19. The number of aliphatic hydroxyl groups is 1. The van der Waals surface area contributed by atoms with E-state index >= 15 is 0 Å². The van der Waals surface area contributed by atoms with Gasteiger partial charge in [0.1, 0.15) is 6.07 Å². The van der Waals surface area contributed by atoms with E-state index in [2.05, 4.69) is 5.32 Å². The molecule has 2 atom stereocenters. The monoisotopic (exact) mass is 261 g/mol. The summed E-state index contributed by atoms with van der Waals surface area (Å²) in [5, 5.41) is 21.0. The van der Waals surface area contributed by atoms with Crippen LogP contribution in [0.3, 0.4) is 0 Å². The van der Waals surface area contributed by atoms with Crippen LogP contribution in [0.5, 0.6) is 0 Å². The summed E-state index contributed by atoms with van der Waals surface area (Å²) in [7, 11) is 1.77. The average Bonchev–Trinajstić information content (AvgIpc) is 2.37. The number of para-hydroxylation sites is 1. The van der Waals surface area contributed by atoms with E-state index in [4.69, 9.17) is 5.26 Å². The van der Waals surface area contributed by atoms with Gasteiger partial charge in [0.2, 0.25) is 5.91 Å². The van der Waals surface area contributed by atoms with Gasteiger partial charge in [-0.1, -0.05) is 12.1 Å². The maximum atomic E-state index is 12.1. The molecule has 2 unspecified atom stereocenters. The Balaban J connectivity index is 2.72. The maximum absolute atomic E-state index is 12.1. The molecule has 5 nitrogen and oxygen atoms in total. The zero-order valence-electron chi connectivity index (χ0n) is 11.4. The zero-order chi connectivity index (χ0) is 14.4. The minimum absolute atomic E-state index is 0.203. The Kier molecular flexibility index (Phi) is 5.49. The molecule has 1 aromatic carbocycles. The van der Waals surface area contributed by atoms with E-state index in [-0.39, 0.29) is 11.9 Å². The molecule has 0 aromatic heterocycles. The number of nitrogens with one attached hydrogen (secondary N) is 1. The van der Waals surface area contributed by atoms with E-state index < -0.39 is 6.10 Å². The van der Waals surface area contributed by atoms with Crippen LogP contribution in [-0.2, 0) is 4.79 Å². The van der Waals surface area contributed by atoms with Gasteiger partial charge in [-0.3, -0.25) is 9.69 Å². The molecule has 0 spiro atoms. The van der Waals surface area contributed by atoms with Gasteiger partial charge in [0.25, 0.3) is 0 Å². The topological polar surface area (TPSA) is 76.4 Å². The van der Waals surface area contributed by atoms with E-state index in [1.165, 1.54) is 0 Å². The van der Waals surface area contributed by atoms with E-state index in [1.807, 2.05) is 6.07 Å². The molecule has 0 fully saturated rings. The number of amides is 1. The lowest BCUT2D eigenvalue weighted by Crippen LogP contribution is -2.42. The number of likely N-dealkylation sites (N-methyl/N-ethyl adjacent to an activating group) is 1. The summed E-state index contributed by atoms with van der Waals surface area (Å²) in [5.41, 5.74) is 0.938. The number of nitrogens with zero attached hydrogens (tertiary/aromatic N) is 2. The van der Waals surface area contributed by atoms with Crippen LogP contribution in [-0.4, -0.2) is 41.7 Å². The van der Waals surface area contributed by atoms with E-state index in [0.29, 0.717) is 17.8 Å². The number of rotatable bonds is 5. The van der Waals surface area contributed by atoms with Gasteiger partial charge < -0.3 is 10.4 Å². The van der Waals surface area contributed by atoms with Gasteiger partial charge in [0.05, 0.1) is 23.4 Å². The molecule has 0 radical (unpaired) electrons. The molecule has 1 amide bonds. The Morgan fingerprint density at radius 1 is 1.47 bits per heavy atom. The van der Waals surface area contributed by atoms with Crippen molar-refractivity contribution in [2.75, 3.05) is 18.9 Å². The molecular weight excluding hydrogens is 242 g/mol. The molecule has 0 bridgehead atoms. The predicted molar refractivity (Wildman–Crippen MR) is 73.6 cm³/mol. The summed E-state index contributed by atoms with van der Waals surface area (Å²) < 4.78 is 0. The number of aliphatic hydroxyl groups excluding tert-OH is 1. The third kappa shape index (κ3) is 4.36. The Morgan fingerprint density at radius 3 is 2.68 bits per heavy atom. The largest absolute Gasteiger partial charge is 0.392 e. The maximum Gasteiger partial charge on any atom is 0.241 e. The van der Waals surface area contributed by atoms with Crippen LogP contribution >= 0.6 is 0 Å². The summed E-state index contributed by atoms with van der Waals surface area (Å²) in [6, 6.07) is 8.50. The van der Waals surface area contributed by atoms with Crippen LogP contribution < -0.4 is 5.32 Å². The van der Waals surface area contributed by atoms with E-state index in [0.717, 1.165) is 0 Å². The average molecular weight is 261 g/mol. The normalized spacial score (nSPS) is 13.7. The summed E-state index contributed by atoms with van der Waals surface area (Å²) in [5.74, 6) is -0.203. The molecule has 1 aromatic rings. The van der Waals surface area contributed by atoms with Crippen LogP contribution in [0.25, 0.3) is 0 Å². The van der Waals surface area contributed by atoms with Crippen molar-refractivity contribution in [3.8, 4) is 6.07 Å². The SMILES string of the molecule is CC(O)CN(C)C(C)C(=O)Nc1ccccc1C#N. The van der Waals surface area contributed by atoms with E-state index in [1.54, 1.807) is 50.1 Å². The van der Waals surface area contributed by atoms with Crippen molar-refractivity contribution in [3.63, 3.8) is 0 Å². The van der Waals surface area contributed by atoms with Crippen molar-refractivity contribution < 1.29 is 9.90 Å². The molecule has 19 heavy (non-hydrogen) atoms. The van der Waals surface area contributed by atoms with Crippen molar-refractivity contribution in [2.24, 2.45) is 0 Å². The highest BCUT2D eigenvalue weighted by atomic mass is 16.3. The van der Waals surface area contributed by atoms with Crippen LogP contribution in [0, 0.1) is 11.3 Å². The first-order valence-corrected chi connectivity index (χ1v) is 6.14. The summed E-state index contributed by atoms with van der Waals surface area (Å²) in [4.78, 5) is 13.8. The molecule has 0 saturated heterocycles. The highest BCUT2D eigenvalue weighted by molar-refractivity contribution is 5.95. The van der Waals surface area contributed by atoms with Crippen LogP contribution in [0.15, 0.2) is 24.3 Å². The molecule has 102 valence electrons. The van der Waals surface area contributed by atoms with Crippen molar-refractivity contribution in [2.45, 2.75) is 26.0 Å².